The Morgan fingerprint density at radius 1 is 1.00 bits per heavy atom. The summed E-state index contributed by atoms with van der Waals surface area (Å²) in [5, 5.41) is 11.5. The van der Waals surface area contributed by atoms with Gasteiger partial charge < -0.3 is 15.5 Å². The Morgan fingerprint density at radius 3 is 2.61 bits per heavy atom. The summed E-state index contributed by atoms with van der Waals surface area (Å²) >= 11 is 0. The second kappa shape index (κ2) is 9.74. The fourth-order valence-corrected chi connectivity index (χ4v) is 5.28. The fourth-order valence-electron chi connectivity index (χ4n) is 5.28. The second-order valence-electron chi connectivity index (χ2n) is 10.1. The molecule has 2 aliphatic heterocycles. The predicted molar refractivity (Wildman–Crippen MR) is 145 cm³/mol. The van der Waals surface area contributed by atoms with Crippen LogP contribution in [-0.2, 0) is 6.54 Å². The number of aromatic nitrogens is 4. The highest BCUT2D eigenvalue weighted by Crippen LogP contribution is 2.34. The Bertz CT molecular complexity index is 1340. The number of nitrogens with one attached hydrogen (secondary N) is 2. The first kappa shape index (κ1) is 22.7. The lowest BCUT2D eigenvalue weighted by atomic mass is 9.93. The summed E-state index contributed by atoms with van der Waals surface area (Å²) in [6, 6.07) is 17.1. The zero-order chi connectivity index (χ0) is 24.5. The summed E-state index contributed by atoms with van der Waals surface area (Å²) in [5.74, 6) is 2.77. The smallest absolute Gasteiger partial charge is 0.161 e. The lowest BCUT2D eigenvalue weighted by molar-refractivity contribution is 0.460. The van der Waals surface area contributed by atoms with Gasteiger partial charge in [0.2, 0.25) is 0 Å². The van der Waals surface area contributed by atoms with Crippen molar-refractivity contribution in [3.8, 4) is 17.1 Å². The van der Waals surface area contributed by atoms with Gasteiger partial charge in [-0.15, -0.1) is 0 Å². The van der Waals surface area contributed by atoms with Gasteiger partial charge in [-0.3, -0.25) is 0 Å². The van der Waals surface area contributed by atoms with Gasteiger partial charge in [0.25, 0.3) is 0 Å². The Morgan fingerprint density at radius 2 is 1.81 bits per heavy atom. The van der Waals surface area contributed by atoms with Crippen LogP contribution in [-0.4, -0.2) is 39.5 Å². The molecule has 0 bridgehead atoms. The van der Waals surface area contributed by atoms with Gasteiger partial charge in [0.1, 0.15) is 0 Å². The molecule has 4 heterocycles. The number of fused-ring (bicyclic) bond motifs is 1. The van der Waals surface area contributed by atoms with Crippen LogP contribution in [0.25, 0.3) is 17.1 Å². The normalized spacial score (nSPS) is 15.8. The van der Waals surface area contributed by atoms with Crippen LogP contribution in [0, 0.1) is 0 Å². The molecule has 1 fully saturated rings. The Balaban J connectivity index is 1.19. The highest BCUT2D eigenvalue weighted by Gasteiger charge is 2.23. The number of piperidine rings is 1. The molecule has 0 radical (unpaired) electrons. The SMILES string of the molecule is CC(C)c1ccccc1-c1ncc2c(n1)N(Cc1ccc(-n3cc(C4CCNCC4)cn3)cc1)CN2. The van der Waals surface area contributed by atoms with Gasteiger partial charge in [0, 0.05) is 18.3 Å². The molecular weight excluding hydrogens is 446 g/mol. The molecule has 0 spiro atoms. The summed E-state index contributed by atoms with van der Waals surface area (Å²) in [6.07, 6.45) is 8.51. The lowest BCUT2D eigenvalue weighted by Gasteiger charge is -2.21. The zero-order valence-electron chi connectivity index (χ0n) is 21.0. The number of nitrogens with zero attached hydrogens (tertiary/aromatic N) is 5. The fraction of sp³-hybridized carbons (Fsp3) is 0.345. The monoisotopic (exact) mass is 479 g/mol. The first-order valence-electron chi connectivity index (χ1n) is 13.0. The Labute approximate surface area is 212 Å². The van der Waals surface area contributed by atoms with Crippen molar-refractivity contribution in [2.75, 3.05) is 30.0 Å². The Kier molecular flexibility index (Phi) is 6.15. The van der Waals surface area contributed by atoms with Gasteiger partial charge in [-0.1, -0.05) is 50.2 Å². The van der Waals surface area contributed by atoms with Crippen molar-refractivity contribution in [2.24, 2.45) is 0 Å². The molecule has 36 heavy (non-hydrogen) atoms. The van der Waals surface area contributed by atoms with Crippen LogP contribution >= 0.6 is 0 Å². The molecule has 4 aromatic rings. The van der Waals surface area contributed by atoms with Gasteiger partial charge >= 0.3 is 0 Å². The first-order chi connectivity index (χ1) is 17.7. The van der Waals surface area contributed by atoms with Crippen LogP contribution in [0.3, 0.4) is 0 Å². The van der Waals surface area contributed by atoms with Crippen molar-refractivity contribution >= 4 is 11.5 Å². The molecule has 7 heteroatoms. The van der Waals surface area contributed by atoms with E-state index in [0.717, 1.165) is 54.9 Å². The minimum atomic E-state index is 0.413. The third-order valence-corrected chi connectivity index (χ3v) is 7.34. The maximum absolute atomic E-state index is 4.99. The number of hydrogen-bond acceptors (Lipinski definition) is 6. The Hall–Kier alpha value is -3.71. The molecule has 2 aromatic heterocycles. The van der Waals surface area contributed by atoms with Crippen LogP contribution in [0.1, 0.15) is 55.2 Å². The number of benzene rings is 2. The molecule has 184 valence electrons. The van der Waals surface area contributed by atoms with E-state index in [-0.39, 0.29) is 0 Å². The molecule has 2 aromatic carbocycles. The molecule has 1 saturated heterocycles. The zero-order valence-corrected chi connectivity index (χ0v) is 21.0. The van der Waals surface area contributed by atoms with E-state index in [0.29, 0.717) is 11.8 Å². The van der Waals surface area contributed by atoms with Crippen LogP contribution < -0.4 is 15.5 Å². The quantitative estimate of drug-likeness (QED) is 0.391. The van der Waals surface area contributed by atoms with Gasteiger partial charge in [-0.25, -0.2) is 14.6 Å². The molecule has 0 unspecified atom stereocenters. The van der Waals surface area contributed by atoms with Crippen molar-refractivity contribution in [2.45, 2.75) is 45.1 Å². The van der Waals surface area contributed by atoms with E-state index < -0.39 is 0 Å². The molecule has 0 aliphatic carbocycles. The van der Waals surface area contributed by atoms with Crippen LogP contribution in [0.5, 0.6) is 0 Å². The second-order valence-corrected chi connectivity index (χ2v) is 10.1. The van der Waals surface area contributed by atoms with E-state index in [1.807, 2.05) is 17.1 Å². The van der Waals surface area contributed by atoms with Crippen LogP contribution in [0.15, 0.2) is 67.1 Å². The van der Waals surface area contributed by atoms with Crippen molar-refractivity contribution in [3.63, 3.8) is 0 Å². The average Bonchev–Trinajstić information content (AvgIpc) is 3.57. The predicted octanol–water partition coefficient (Wildman–Crippen LogP) is 5.31. The van der Waals surface area contributed by atoms with Crippen molar-refractivity contribution in [3.05, 3.63) is 83.8 Å². The molecule has 2 N–H and O–H groups in total. The van der Waals surface area contributed by atoms with E-state index in [1.165, 1.54) is 29.5 Å². The van der Waals surface area contributed by atoms with Gasteiger partial charge in [-0.2, -0.15) is 5.10 Å². The standard InChI is InChI=1S/C29H33N7/c1-20(2)25-5-3-4-6-26(25)28-31-16-27-29(34-28)35(19-32-27)17-21-7-9-24(10-8-21)36-18-23(15-33-36)22-11-13-30-14-12-22/h3-10,15-16,18,20,22,30,32H,11-14,17,19H2,1-2H3. The summed E-state index contributed by atoms with van der Waals surface area (Å²) in [5.41, 5.74) is 7.03. The molecule has 2 aliphatic rings. The number of rotatable bonds is 6. The third-order valence-electron chi connectivity index (χ3n) is 7.34. The maximum Gasteiger partial charge on any atom is 0.161 e. The minimum Gasteiger partial charge on any atom is -0.363 e. The van der Waals surface area contributed by atoms with Crippen molar-refractivity contribution in [1.82, 2.24) is 25.1 Å². The van der Waals surface area contributed by atoms with Crippen molar-refractivity contribution < 1.29 is 0 Å². The first-order valence-corrected chi connectivity index (χ1v) is 13.0. The average molecular weight is 480 g/mol. The summed E-state index contributed by atoms with van der Waals surface area (Å²) in [4.78, 5) is 11.9. The molecule has 7 nitrogen and oxygen atoms in total. The molecule has 0 saturated carbocycles. The van der Waals surface area contributed by atoms with Crippen molar-refractivity contribution in [1.29, 1.82) is 0 Å². The van der Waals surface area contributed by atoms with E-state index in [1.54, 1.807) is 0 Å². The van der Waals surface area contributed by atoms with Crippen LogP contribution in [0.4, 0.5) is 11.5 Å². The largest absolute Gasteiger partial charge is 0.363 e. The third kappa shape index (κ3) is 4.46. The maximum atomic E-state index is 4.99. The van der Waals surface area contributed by atoms with E-state index in [4.69, 9.17) is 4.98 Å². The minimum absolute atomic E-state index is 0.413. The highest BCUT2D eigenvalue weighted by molar-refractivity contribution is 5.73. The summed E-state index contributed by atoms with van der Waals surface area (Å²) < 4.78 is 2.00. The van der Waals surface area contributed by atoms with Crippen LogP contribution in [0.2, 0.25) is 0 Å². The summed E-state index contributed by atoms with van der Waals surface area (Å²) in [7, 11) is 0. The molecule has 6 rings (SSSR count). The van der Waals surface area contributed by atoms with E-state index in [2.05, 4.69) is 94.2 Å². The number of hydrogen-bond donors (Lipinski definition) is 2. The van der Waals surface area contributed by atoms with Gasteiger partial charge in [0.05, 0.1) is 30.4 Å². The molecule has 0 amide bonds. The van der Waals surface area contributed by atoms with E-state index >= 15 is 0 Å². The van der Waals surface area contributed by atoms with Gasteiger partial charge in [-0.05, 0) is 66.6 Å². The molecule has 0 atom stereocenters. The lowest BCUT2D eigenvalue weighted by Crippen LogP contribution is -2.26. The van der Waals surface area contributed by atoms with E-state index in [9.17, 15) is 0 Å². The topological polar surface area (TPSA) is 70.9 Å². The number of anilines is 2. The molecular formula is C29H33N7. The highest BCUT2D eigenvalue weighted by atomic mass is 15.3. The summed E-state index contributed by atoms with van der Waals surface area (Å²) in [6.45, 7) is 8.11. The van der Waals surface area contributed by atoms with Gasteiger partial charge in [0.15, 0.2) is 11.6 Å².